The van der Waals surface area contributed by atoms with Crippen LogP contribution in [0.3, 0.4) is 0 Å². The van der Waals surface area contributed by atoms with Crippen LogP contribution in [0.1, 0.15) is 0 Å². The lowest BCUT2D eigenvalue weighted by Crippen LogP contribution is -2.42. The molecule has 0 radical (unpaired) electrons. The van der Waals surface area contributed by atoms with Crippen molar-refractivity contribution in [3.8, 4) is 0 Å². The third-order valence-electron chi connectivity index (χ3n) is 1.35. The molecule has 12 heavy (non-hydrogen) atoms. The van der Waals surface area contributed by atoms with Crippen molar-refractivity contribution in [2.24, 2.45) is 0 Å². The van der Waals surface area contributed by atoms with Gasteiger partial charge in [0.2, 0.25) is 6.73 Å². The van der Waals surface area contributed by atoms with Gasteiger partial charge in [-0.3, -0.25) is 4.48 Å². The van der Waals surface area contributed by atoms with E-state index in [0.717, 1.165) is 12.6 Å². The Bertz CT molecular complexity index is 185. The zero-order valence-corrected chi connectivity index (χ0v) is 7.75. The van der Waals surface area contributed by atoms with Gasteiger partial charge in [-0.2, -0.15) is 0 Å². The van der Waals surface area contributed by atoms with Crippen LogP contribution in [-0.2, 0) is 9.53 Å². The van der Waals surface area contributed by atoms with Crippen LogP contribution in [0.5, 0.6) is 0 Å². The second-order valence-corrected chi connectivity index (χ2v) is 3.20. The first-order chi connectivity index (χ1) is 5.52. The van der Waals surface area contributed by atoms with E-state index < -0.39 is 0 Å². The number of carbonyl (C=O) groups is 1. The number of esters is 1. The van der Waals surface area contributed by atoms with Gasteiger partial charge in [-0.05, 0) is 6.08 Å². The van der Waals surface area contributed by atoms with E-state index in [-0.39, 0.29) is 5.97 Å². The van der Waals surface area contributed by atoms with Gasteiger partial charge in [0, 0.05) is 6.08 Å². The first-order valence-corrected chi connectivity index (χ1v) is 3.74. The third-order valence-corrected chi connectivity index (χ3v) is 1.35. The summed E-state index contributed by atoms with van der Waals surface area (Å²) in [5, 5.41) is 0. The topological polar surface area (TPSA) is 26.3 Å². The van der Waals surface area contributed by atoms with Gasteiger partial charge in [-0.25, -0.2) is 4.79 Å². The Morgan fingerprint density at radius 1 is 1.50 bits per heavy atom. The van der Waals surface area contributed by atoms with Crippen molar-refractivity contribution in [2.45, 2.75) is 0 Å². The van der Waals surface area contributed by atoms with Crippen LogP contribution < -0.4 is 0 Å². The number of quaternary nitrogens is 1. The number of nitrogens with zero attached hydrogens (tertiary/aromatic N) is 1. The number of ether oxygens (including phenoxy) is 1. The molecule has 3 heteroatoms. The minimum Gasteiger partial charge on any atom is -0.412 e. The second kappa shape index (κ2) is 4.72. The quantitative estimate of drug-likeness (QED) is 0.202. The van der Waals surface area contributed by atoms with Gasteiger partial charge in [0.1, 0.15) is 0 Å². The van der Waals surface area contributed by atoms with Crippen molar-refractivity contribution in [1.82, 2.24) is 0 Å². The summed E-state index contributed by atoms with van der Waals surface area (Å²) < 4.78 is 5.46. The highest BCUT2D eigenvalue weighted by Crippen LogP contribution is 1.97. The van der Waals surface area contributed by atoms with Gasteiger partial charge in [-0.15, -0.1) is 0 Å². The van der Waals surface area contributed by atoms with Crippen LogP contribution in [0.2, 0.25) is 0 Å². The molecule has 0 amide bonds. The lowest BCUT2D eigenvalue weighted by Gasteiger charge is -2.26. The molecule has 0 N–H and O–H groups in total. The van der Waals surface area contributed by atoms with Crippen molar-refractivity contribution in [3.05, 3.63) is 25.3 Å². The molecule has 0 rings (SSSR count). The number of hydrogen-bond donors (Lipinski definition) is 0. The SMILES string of the molecule is C=CC[N+](C)(C)COC(=O)C=C. The standard InChI is InChI=1S/C9H16NO2/c1-5-7-10(3,4)8-12-9(11)6-2/h5-6H,1-2,7-8H2,3-4H3/q+1. The van der Waals surface area contributed by atoms with Crippen molar-refractivity contribution < 1.29 is 14.0 Å². The number of hydrogen-bond acceptors (Lipinski definition) is 2. The number of likely N-dealkylation sites (N-methyl/N-ethyl adjacent to an activating group) is 1. The molecule has 0 unspecified atom stereocenters. The molecule has 0 aromatic heterocycles. The van der Waals surface area contributed by atoms with Crippen LogP contribution in [-0.4, -0.2) is 37.8 Å². The normalized spacial score (nSPS) is 10.5. The fraction of sp³-hybridized carbons (Fsp3) is 0.444. The summed E-state index contributed by atoms with van der Waals surface area (Å²) in [6.45, 7) is 8.03. The Kier molecular flexibility index (Phi) is 4.29. The third kappa shape index (κ3) is 4.68. The van der Waals surface area contributed by atoms with Gasteiger partial charge in [0.05, 0.1) is 20.6 Å². The number of rotatable bonds is 5. The molecule has 68 valence electrons. The summed E-state index contributed by atoms with van der Waals surface area (Å²) in [7, 11) is 3.91. The van der Waals surface area contributed by atoms with Crippen molar-refractivity contribution >= 4 is 5.97 Å². The maximum absolute atomic E-state index is 10.7. The lowest BCUT2D eigenvalue weighted by molar-refractivity contribution is -0.901. The van der Waals surface area contributed by atoms with Crippen molar-refractivity contribution in [1.29, 1.82) is 0 Å². The van der Waals surface area contributed by atoms with E-state index in [1.54, 1.807) is 6.08 Å². The average Bonchev–Trinajstić information content (AvgIpc) is 2.00. The summed E-state index contributed by atoms with van der Waals surface area (Å²) in [4.78, 5) is 10.7. The lowest BCUT2D eigenvalue weighted by atomic mass is 10.5. The first kappa shape index (κ1) is 10.9. The smallest absolute Gasteiger partial charge is 0.334 e. The molecule has 0 atom stereocenters. The van der Waals surface area contributed by atoms with Crippen LogP contribution in [0.15, 0.2) is 25.3 Å². The van der Waals surface area contributed by atoms with E-state index in [1.807, 2.05) is 14.1 Å². The molecule has 0 saturated carbocycles. The molecule has 0 bridgehead atoms. The summed E-state index contributed by atoms with van der Waals surface area (Å²) >= 11 is 0. The van der Waals surface area contributed by atoms with Crippen molar-refractivity contribution in [2.75, 3.05) is 27.4 Å². The Morgan fingerprint density at radius 3 is 2.50 bits per heavy atom. The molecule has 0 saturated heterocycles. The van der Waals surface area contributed by atoms with E-state index in [2.05, 4.69) is 13.2 Å². The molecule has 0 aromatic carbocycles. The Hall–Kier alpha value is -1.09. The number of carbonyl (C=O) groups excluding carboxylic acids is 1. The zero-order chi connectivity index (χ0) is 9.61. The first-order valence-electron chi connectivity index (χ1n) is 3.74. The van der Waals surface area contributed by atoms with Gasteiger partial charge >= 0.3 is 5.97 Å². The van der Waals surface area contributed by atoms with Crippen LogP contribution in [0.4, 0.5) is 0 Å². The molecular formula is C9H16NO2+. The molecular weight excluding hydrogens is 154 g/mol. The Labute approximate surface area is 73.5 Å². The fourth-order valence-corrected chi connectivity index (χ4v) is 0.699. The molecule has 0 heterocycles. The summed E-state index contributed by atoms with van der Waals surface area (Å²) in [5.41, 5.74) is 0. The van der Waals surface area contributed by atoms with E-state index in [4.69, 9.17) is 4.74 Å². The second-order valence-electron chi connectivity index (χ2n) is 3.20. The van der Waals surface area contributed by atoms with E-state index in [1.165, 1.54) is 0 Å². The van der Waals surface area contributed by atoms with E-state index >= 15 is 0 Å². The maximum atomic E-state index is 10.7. The van der Waals surface area contributed by atoms with E-state index in [0.29, 0.717) is 11.2 Å². The Morgan fingerprint density at radius 2 is 2.08 bits per heavy atom. The molecule has 0 fully saturated rings. The average molecular weight is 170 g/mol. The maximum Gasteiger partial charge on any atom is 0.334 e. The molecule has 3 nitrogen and oxygen atoms in total. The molecule has 0 spiro atoms. The predicted octanol–water partition coefficient (Wildman–Crippen LogP) is 0.935. The van der Waals surface area contributed by atoms with Gasteiger partial charge in [0.15, 0.2) is 0 Å². The van der Waals surface area contributed by atoms with Crippen molar-refractivity contribution in [3.63, 3.8) is 0 Å². The highest BCUT2D eigenvalue weighted by molar-refractivity contribution is 5.81. The minimum absolute atomic E-state index is 0.344. The summed E-state index contributed by atoms with van der Waals surface area (Å²) in [6.07, 6.45) is 2.95. The largest absolute Gasteiger partial charge is 0.412 e. The molecule has 0 aliphatic rings. The highest BCUT2D eigenvalue weighted by Gasteiger charge is 2.13. The predicted molar refractivity (Wildman–Crippen MR) is 48.3 cm³/mol. The fourth-order valence-electron chi connectivity index (χ4n) is 0.699. The monoisotopic (exact) mass is 170 g/mol. The van der Waals surface area contributed by atoms with E-state index in [9.17, 15) is 4.79 Å². The van der Waals surface area contributed by atoms with Gasteiger partial charge < -0.3 is 4.74 Å². The van der Waals surface area contributed by atoms with Gasteiger partial charge in [0.25, 0.3) is 0 Å². The minimum atomic E-state index is -0.384. The molecule has 0 aliphatic carbocycles. The highest BCUT2D eigenvalue weighted by atomic mass is 16.5. The van der Waals surface area contributed by atoms with Crippen LogP contribution >= 0.6 is 0 Å². The Balaban J connectivity index is 3.81. The summed E-state index contributed by atoms with van der Waals surface area (Å²) in [6, 6.07) is 0. The molecule has 0 aromatic rings. The zero-order valence-electron chi connectivity index (χ0n) is 7.75. The summed E-state index contributed by atoms with van der Waals surface area (Å²) in [5.74, 6) is -0.384. The van der Waals surface area contributed by atoms with Crippen LogP contribution in [0, 0.1) is 0 Å². The molecule has 0 aliphatic heterocycles. The van der Waals surface area contributed by atoms with Gasteiger partial charge in [-0.1, -0.05) is 13.2 Å². The van der Waals surface area contributed by atoms with Crippen LogP contribution in [0.25, 0.3) is 0 Å².